The van der Waals surface area contributed by atoms with Crippen molar-refractivity contribution < 1.29 is 13.0 Å². The molecule has 0 saturated carbocycles. The van der Waals surface area contributed by atoms with Crippen LogP contribution in [-0.4, -0.2) is 42.5 Å². The monoisotopic (exact) mass is 376 g/mol. The summed E-state index contributed by atoms with van der Waals surface area (Å²) in [5.41, 5.74) is 7.25. The molecule has 0 aliphatic heterocycles. The Labute approximate surface area is 172 Å². The second-order valence-corrected chi connectivity index (χ2v) is 6.58. The fourth-order valence-electron chi connectivity index (χ4n) is 2.40. The third kappa shape index (κ3) is 4.09. The van der Waals surface area contributed by atoms with Gasteiger partial charge in [0.15, 0.2) is 0 Å². The van der Waals surface area contributed by atoms with E-state index in [1.54, 1.807) is 42.5 Å². The van der Waals surface area contributed by atoms with Crippen LogP contribution in [0.3, 0.4) is 0 Å². The van der Waals surface area contributed by atoms with Gasteiger partial charge in [-0.1, -0.05) is 30.3 Å². The average Bonchev–Trinajstić information content (AvgIpc) is 2.60. The Morgan fingerprint density at radius 2 is 1.69 bits per heavy atom. The summed E-state index contributed by atoms with van der Waals surface area (Å²) in [7, 11) is -4.46. The van der Waals surface area contributed by atoms with Crippen molar-refractivity contribution in [1.82, 2.24) is 0 Å². The number of fused-ring (bicyclic) bond motifs is 1. The van der Waals surface area contributed by atoms with Crippen LogP contribution in [0.25, 0.3) is 10.8 Å². The van der Waals surface area contributed by atoms with E-state index in [0.717, 1.165) is 0 Å². The van der Waals surface area contributed by atoms with Crippen molar-refractivity contribution >= 4 is 67.5 Å². The molecule has 0 spiro atoms. The van der Waals surface area contributed by atoms with Crippen molar-refractivity contribution in [2.24, 2.45) is 10.2 Å². The molecule has 0 atom stereocenters. The Kier molecular flexibility index (Phi) is 6.13. The topological polar surface area (TPSA) is 129 Å². The van der Waals surface area contributed by atoms with Gasteiger partial charge in [-0.15, -0.1) is 5.11 Å². The van der Waals surface area contributed by atoms with Gasteiger partial charge in [-0.2, -0.15) is 18.8 Å². The van der Waals surface area contributed by atoms with Crippen LogP contribution in [0.1, 0.15) is 5.56 Å². The summed E-state index contributed by atoms with van der Waals surface area (Å²) in [6.07, 6.45) is 0. The van der Waals surface area contributed by atoms with Gasteiger partial charge in [0.1, 0.15) is 10.6 Å². The number of anilines is 1. The quantitative estimate of drug-likeness (QED) is 0.313. The van der Waals surface area contributed by atoms with Crippen molar-refractivity contribution in [3.63, 3.8) is 0 Å². The third-order valence-electron chi connectivity index (χ3n) is 3.55. The minimum absolute atomic E-state index is 0. The van der Waals surface area contributed by atoms with E-state index in [-0.39, 0.29) is 45.8 Å². The van der Waals surface area contributed by atoms with E-state index in [9.17, 15) is 13.0 Å². The van der Waals surface area contributed by atoms with Gasteiger partial charge >= 0.3 is 29.6 Å². The molecule has 0 radical (unpaired) electrons. The zero-order valence-corrected chi connectivity index (χ0v) is 13.6. The van der Waals surface area contributed by atoms with E-state index < -0.39 is 10.1 Å². The number of nitrogen functional groups attached to an aromatic ring is 1. The van der Waals surface area contributed by atoms with Gasteiger partial charge in [0.05, 0.1) is 23.0 Å². The maximum absolute atomic E-state index is 11.7. The summed E-state index contributed by atoms with van der Waals surface area (Å²) < 4.78 is 32.8. The molecule has 3 aromatic rings. The van der Waals surface area contributed by atoms with Gasteiger partial charge in [0.25, 0.3) is 10.1 Å². The number of azo groups is 1. The first-order chi connectivity index (χ1) is 11.9. The van der Waals surface area contributed by atoms with Crippen molar-refractivity contribution in [1.29, 1.82) is 5.26 Å². The molecular formula is C17H13N4NaO3S. The van der Waals surface area contributed by atoms with Crippen LogP contribution in [0.2, 0.25) is 0 Å². The van der Waals surface area contributed by atoms with E-state index >= 15 is 0 Å². The molecular weight excluding hydrogens is 363 g/mol. The van der Waals surface area contributed by atoms with Gasteiger partial charge in [-0.25, -0.2) is 0 Å². The zero-order valence-electron chi connectivity index (χ0n) is 12.8. The first-order valence-corrected chi connectivity index (χ1v) is 8.55. The van der Waals surface area contributed by atoms with Gasteiger partial charge in [-0.05, 0) is 24.3 Å². The summed E-state index contributed by atoms with van der Waals surface area (Å²) in [6, 6.07) is 16.1. The molecule has 3 aromatic carbocycles. The summed E-state index contributed by atoms with van der Waals surface area (Å²) >= 11 is 0. The Bertz CT molecular complexity index is 1150. The fourth-order valence-corrected chi connectivity index (χ4v) is 3.11. The standard InChI is InChI=1S/C17H12N4O3S.Na.H/c18-10-11-4-3-5-12(8-11)20-21-15-9-16(25(22,23)24)13-6-1-2-7-14(13)17(15)19;;/h1-9H,19H2,(H,22,23,24);;. The molecule has 9 heteroatoms. The first kappa shape index (κ1) is 20.0. The molecule has 0 fully saturated rings. The summed E-state index contributed by atoms with van der Waals surface area (Å²) in [6.45, 7) is 0. The molecule has 0 amide bonds. The molecule has 26 heavy (non-hydrogen) atoms. The van der Waals surface area contributed by atoms with Crippen LogP contribution in [0, 0.1) is 11.3 Å². The normalized spacial score (nSPS) is 11.2. The number of nitrogens with two attached hydrogens (primary N) is 1. The van der Waals surface area contributed by atoms with Crippen molar-refractivity contribution in [3.8, 4) is 6.07 Å². The van der Waals surface area contributed by atoms with Gasteiger partial charge in [-0.3, -0.25) is 4.55 Å². The SMILES string of the molecule is N#Cc1cccc(N=Nc2cc(S(=O)(=O)O)c3ccccc3c2N)c1.[NaH]. The minimum atomic E-state index is -4.46. The third-order valence-corrected chi connectivity index (χ3v) is 4.45. The Morgan fingerprint density at radius 1 is 1.00 bits per heavy atom. The van der Waals surface area contributed by atoms with E-state index in [1.807, 2.05) is 6.07 Å². The molecule has 7 nitrogen and oxygen atoms in total. The van der Waals surface area contributed by atoms with Crippen LogP contribution in [0.4, 0.5) is 17.1 Å². The molecule has 0 unspecified atom stereocenters. The Balaban J connectivity index is 0.00000243. The molecule has 0 aliphatic rings. The summed E-state index contributed by atoms with van der Waals surface area (Å²) in [4.78, 5) is -0.294. The number of nitriles is 1. The number of rotatable bonds is 3. The number of hydrogen-bond donors (Lipinski definition) is 2. The molecule has 0 heterocycles. The van der Waals surface area contributed by atoms with Gasteiger partial charge in [0, 0.05) is 10.8 Å². The van der Waals surface area contributed by atoms with Gasteiger partial charge in [0.2, 0.25) is 0 Å². The predicted molar refractivity (Wildman–Crippen MR) is 101 cm³/mol. The van der Waals surface area contributed by atoms with Crippen LogP contribution in [-0.2, 0) is 10.1 Å². The second-order valence-electron chi connectivity index (χ2n) is 5.19. The van der Waals surface area contributed by atoms with E-state index in [4.69, 9.17) is 11.0 Å². The average molecular weight is 376 g/mol. The second kappa shape index (κ2) is 7.95. The number of benzene rings is 3. The first-order valence-electron chi connectivity index (χ1n) is 7.11. The molecule has 0 saturated heterocycles. The zero-order chi connectivity index (χ0) is 18.0. The van der Waals surface area contributed by atoms with Crippen LogP contribution >= 0.6 is 0 Å². The van der Waals surface area contributed by atoms with Crippen molar-refractivity contribution in [2.45, 2.75) is 4.90 Å². The van der Waals surface area contributed by atoms with E-state index in [0.29, 0.717) is 22.0 Å². The molecule has 0 aliphatic carbocycles. The van der Waals surface area contributed by atoms with E-state index in [1.165, 1.54) is 12.1 Å². The Morgan fingerprint density at radius 3 is 2.35 bits per heavy atom. The fraction of sp³-hybridized carbons (Fsp3) is 0. The summed E-state index contributed by atoms with van der Waals surface area (Å²) in [5, 5.41) is 17.6. The molecule has 3 rings (SSSR count). The van der Waals surface area contributed by atoms with Crippen LogP contribution in [0.5, 0.6) is 0 Å². The van der Waals surface area contributed by atoms with Crippen LogP contribution < -0.4 is 5.73 Å². The molecule has 0 bridgehead atoms. The summed E-state index contributed by atoms with van der Waals surface area (Å²) in [5.74, 6) is 0. The van der Waals surface area contributed by atoms with Crippen LogP contribution in [0.15, 0.2) is 69.7 Å². The Hall–Kier alpha value is -2.28. The number of nitrogens with zero attached hydrogens (tertiary/aromatic N) is 3. The number of hydrogen-bond acceptors (Lipinski definition) is 6. The van der Waals surface area contributed by atoms with Crippen molar-refractivity contribution in [3.05, 3.63) is 60.2 Å². The van der Waals surface area contributed by atoms with Gasteiger partial charge < -0.3 is 5.73 Å². The molecule has 126 valence electrons. The molecule has 3 N–H and O–H groups in total. The molecule has 0 aromatic heterocycles. The predicted octanol–water partition coefficient (Wildman–Crippen LogP) is 3.31. The van der Waals surface area contributed by atoms with E-state index in [2.05, 4.69) is 10.2 Å². The maximum atomic E-state index is 11.7. The van der Waals surface area contributed by atoms with Crippen molar-refractivity contribution in [2.75, 3.05) is 5.73 Å².